The second kappa shape index (κ2) is 3.94. The van der Waals surface area contributed by atoms with Crippen LogP contribution in [0.25, 0.3) is 0 Å². The molecule has 0 aromatic carbocycles. The summed E-state index contributed by atoms with van der Waals surface area (Å²) in [5.41, 5.74) is 0. The van der Waals surface area contributed by atoms with Crippen molar-refractivity contribution in [2.75, 3.05) is 6.61 Å². The zero-order valence-electron chi connectivity index (χ0n) is 7.87. The molecule has 1 heterocycles. The van der Waals surface area contributed by atoms with Crippen LogP contribution in [0.2, 0.25) is 0 Å². The Morgan fingerprint density at radius 3 is 2.85 bits per heavy atom. The van der Waals surface area contributed by atoms with E-state index in [1.807, 2.05) is 0 Å². The lowest BCUT2D eigenvalue weighted by Crippen LogP contribution is -2.41. The molecule has 1 saturated heterocycles. The third kappa shape index (κ3) is 2.42. The van der Waals surface area contributed by atoms with Crippen LogP contribution in [0.15, 0.2) is 0 Å². The minimum atomic E-state index is -2.14. The number of ether oxygens (including phenoxy) is 2. The van der Waals surface area contributed by atoms with Gasteiger partial charge in [-0.3, -0.25) is 0 Å². The van der Waals surface area contributed by atoms with Gasteiger partial charge in [0.1, 0.15) is 20.6 Å². The van der Waals surface area contributed by atoms with E-state index >= 15 is 0 Å². The molecule has 0 bridgehead atoms. The van der Waals surface area contributed by atoms with E-state index in [1.54, 1.807) is 13.8 Å². The molecule has 2 radical (unpaired) electrons. The van der Waals surface area contributed by atoms with Crippen LogP contribution in [0, 0.1) is 0 Å². The first kappa shape index (κ1) is 11.0. The summed E-state index contributed by atoms with van der Waals surface area (Å²) in [5.74, 6) is -2.14. The molecule has 3 atom stereocenters. The van der Waals surface area contributed by atoms with E-state index in [2.05, 4.69) is 0 Å². The lowest BCUT2D eigenvalue weighted by atomic mass is 9.96. The van der Waals surface area contributed by atoms with Crippen molar-refractivity contribution >= 4 is 7.85 Å². The van der Waals surface area contributed by atoms with Crippen LogP contribution in [-0.4, -0.2) is 43.6 Å². The van der Waals surface area contributed by atoms with Gasteiger partial charge in [0.05, 0.1) is 6.10 Å². The van der Waals surface area contributed by atoms with Gasteiger partial charge < -0.3 is 14.6 Å². The van der Waals surface area contributed by atoms with E-state index in [0.29, 0.717) is 0 Å². The van der Waals surface area contributed by atoms with E-state index in [4.69, 9.17) is 22.4 Å². The van der Waals surface area contributed by atoms with Gasteiger partial charge in [-0.1, -0.05) is 0 Å². The van der Waals surface area contributed by atoms with E-state index < -0.39 is 24.6 Å². The summed E-state index contributed by atoms with van der Waals surface area (Å²) >= 11 is 0. The van der Waals surface area contributed by atoms with E-state index in [9.17, 15) is 4.39 Å². The maximum atomic E-state index is 13.6. The Kier molecular flexibility index (Phi) is 3.32. The SMILES string of the molecule is [B][C@H]1CC(OC(C)C)[C@@](F)(CO)O1. The van der Waals surface area contributed by atoms with Gasteiger partial charge in [-0.2, -0.15) is 0 Å². The molecule has 74 valence electrons. The van der Waals surface area contributed by atoms with E-state index in [0.717, 1.165) is 0 Å². The van der Waals surface area contributed by atoms with Crippen molar-refractivity contribution in [3.8, 4) is 0 Å². The van der Waals surface area contributed by atoms with Crippen LogP contribution in [-0.2, 0) is 9.47 Å². The van der Waals surface area contributed by atoms with E-state index in [-0.39, 0.29) is 12.5 Å². The van der Waals surface area contributed by atoms with Crippen molar-refractivity contribution < 1.29 is 19.0 Å². The molecular weight excluding hydrogens is 174 g/mol. The fourth-order valence-corrected chi connectivity index (χ4v) is 1.39. The molecule has 1 aliphatic rings. The van der Waals surface area contributed by atoms with Crippen molar-refractivity contribution in [1.29, 1.82) is 0 Å². The fourth-order valence-electron chi connectivity index (χ4n) is 1.39. The normalized spacial score (nSPS) is 40.1. The zero-order chi connectivity index (χ0) is 10.1. The molecule has 0 aromatic rings. The zero-order valence-corrected chi connectivity index (χ0v) is 7.87. The van der Waals surface area contributed by atoms with Crippen LogP contribution in [0.1, 0.15) is 20.3 Å². The Morgan fingerprint density at radius 2 is 2.38 bits per heavy atom. The molecule has 1 unspecified atom stereocenters. The summed E-state index contributed by atoms with van der Waals surface area (Å²) in [6.07, 6.45) is -0.608. The maximum absolute atomic E-state index is 13.6. The quantitative estimate of drug-likeness (QED) is 0.649. The Labute approximate surface area is 78.6 Å². The highest BCUT2D eigenvalue weighted by molar-refractivity contribution is 6.11. The molecule has 3 nitrogen and oxygen atoms in total. The van der Waals surface area contributed by atoms with Gasteiger partial charge >= 0.3 is 0 Å². The van der Waals surface area contributed by atoms with Crippen LogP contribution < -0.4 is 0 Å². The largest absolute Gasteiger partial charge is 0.390 e. The molecular formula is C8H14BFO3. The lowest BCUT2D eigenvalue weighted by Gasteiger charge is -2.25. The van der Waals surface area contributed by atoms with Crippen molar-refractivity contribution in [2.45, 2.75) is 44.3 Å². The number of halogens is 1. The molecule has 1 N–H and O–H groups in total. The summed E-state index contributed by atoms with van der Waals surface area (Å²) in [5, 5.41) is 8.79. The standard InChI is InChI=1S/C8H14BFO3/c1-5(2)12-6-3-7(9)13-8(6,10)4-11/h5-7,11H,3-4H2,1-2H3/t6?,7-,8-/m1/s1. The summed E-state index contributed by atoms with van der Waals surface area (Å²) in [7, 11) is 5.40. The van der Waals surface area contributed by atoms with Gasteiger partial charge in [-0.05, 0) is 20.3 Å². The van der Waals surface area contributed by atoms with Crippen LogP contribution in [0.5, 0.6) is 0 Å². The molecule has 13 heavy (non-hydrogen) atoms. The first-order valence-electron chi connectivity index (χ1n) is 4.36. The summed E-state index contributed by atoms with van der Waals surface area (Å²) < 4.78 is 23.6. The molecule has 0 amide bonds. The van der Waals surface area contributed by atoms with Gasteiger partial charge in [-0.15, -0.1) is 0 Å². The molecule has 1 rings (SSSR count). The van der Waals surface area contributed by atoms with Crippen LogP contribution in [0.4, 0.5) is 4.39 Å². The average molecular weight is 188 g/mol. The molecule has 0 aliphatic carbocycles. The Bertz CT molecular complexity index is 179. The monoisotopic (exact) mass is 188 g/mol. The summed E-state index contributed by atoms with van der Waals surface area (Å²) in [6, 6.07) is -0.694. The molecule has 1 aliphatic heterocycles. The second-order valence-corrected chi connectivity index (χ2v) is 3.51. The smallest absolute Gasteiger partial charge is 0.258 e. The van der Waals surface area contributed by atoms with Gasteiger partial charge in [0.15, 0.2) is 0 Å². The van der Waals surface area contributed by atoms with Gasteiger partial charge in [0, 0.05) is 6.00 Å². The predicted molar refractivity (Wildman–Crippen MR) is 46.2 cm³/mol. The topological polar surface area (TPSA) is 38.7 Å². The van der Waals surface area contributed by atoms with Crippen molar-refractivity contribution in [3.63, 3.8) is 0 Å². The highest BCUT2D eigenvalue weighted by Crippen LogP contribution is 2.33. The number of aliphatic hydroxyl groups is 1. The van der Waals surface area contributed by atoms with Crippen LogP contribution >= 0.6 is 0 Å². The van der Waals surface area contributed by atoms with Gasteiger partial charge in [0.2, 0.25) is 0 Å². The predicted octanol–water partition coefficient (Wildman–Crippen LogP) is 0.353. The molecule has 0 saturated carbocycles. The molecule has 5 heteroatoms. The summed E-state index contributed by atoms with van der Waals surface area (Å²) in [4.78, 5) is 0. The van der Waals surface area contributed by atoms with Crippen molar-refractivity contribution in [2.24, 2.45) is 0 Å². The van der Waals surface area contributed by atoms with E-state index in [1.165, 1.54) is 0 Å². The Balaban J connectivity index is 2.61. The minimum Gasteiger partial charge on any atom is -0.390 e. The lowest BCUT2D eigenvalue weighted by molar-refractivity contribution is -0.205. The van der Waals surface area contributed by atoms with Crippen LogP contribution in [0.3, 0.4) is 0 Å². The first-order valence-corrected chi connectivity index (χ1v) is 4.36. The maximum Gasteiger partial charge on any atom is 0.258 e. The number of hydrogen-bond acceptors (Lipinski definition) is 3. The highest BCUT2D eigenvalue weighted by atomic mass is 19.2. The highest BCUT2D eigenvalue weighted by Gasteiger charge is 2.48. The van der Waals surface area contributed by atoms with Crippen molar-refractivity contribution in [1.82, 2.24) is 0 Å². The third-order valence-electron chi connectivity index (χ3n) is 1.93. The molecule has 0 spiro atoms. The Hall–Kier alpha value is -0.125. The minimum absolute atomic E-state index is 0.111. The second-order valence-electron chi connectivity index (χ2n) is 3.51. The fraction of sp³-hybridized carbons (Fsp3) is 1.00. The van der Waals surface area contributed by atoms with Gasteiger partial charge in [-0.25, -0.2) is 4.39 Å². The van der Waals surface area contributed by atoms with Crippen molar-refractivity contribution in [3.05, 3.63) is 0 Å². The summed E-state index contributed by atoms with van der Waals surface area (Å²) in [6.45, 7) is 2.86. The first-order chi connectivity index (χ1) is 5.98. The number of alkyl halides is 1. The number of rotatable bonds is 3. The van der Waals surface area contributed by atoms with Gasteiger partial charge in [0.25, 0.3) is 5.85 Å². The molecule has 0 aromatic heterocycles. The Morgan fingerprint density at radius 1 is 1.77 bits per heavy atom. The average Bonchev–Trinajstić information content (AvgIpc) is 2.27. The number of aliphatic hydroxyl groups excluding tert-OH is 1. The number of hydrogen-bond donors (Lipinski definition) is 1. The molecule has 1 fully saturated rings. The third-order valence-corrected chi connectivity index (χ3v) is 1.93.